The fourth-order valence-electron chi connectivity index (χ4n) is 0. The van der Waals surface area contributed by atoms with E-state index in [2.05, 4.69) is 0 Å². The number of hydrogen-bond acceptors (Lipinski definition) is 0. The Balaban J connectivity index is 0. The van der Waals surface area contributed by atoms with Gasteiger partial charge in [0.05, 0.1) is 0 Å². The van der Waals surface area contributed by atoms with E-state index in [1.54, 1.807) is 0 Å². The molecule has 0 N–H and O–H groups in total. The van der Waals surface area contributed by atoms with Gasteiger partial charge in [-0.3, -0.25) is 0 Å². The van der Waals surface area contributed by atoms with Gasteiger partial charge < -0.3 is 0 Å². The molecule has 0 amide bonds. The second kappa shape index (κ2) is 22.6. The van der Waals surface area contributed by atoms with Crippen molar-refractivity contribution in [1.29, 1.82) is 0 Å². The topological polar surface area (TPSA) is 0 Å². The molecular formula is H2HoMgPrScYb. The largest absolute Gasteiger partial charge is 0.316 e. The first-order valence-electron chi connectivity index (χ1n) is 0. The molecule has 3 radical (unpaired) electrons. The van der Waals surface area contributed by atoms with Crippen molar-refractivity contribution in [2.75, 3.05) is 0 Å². The summed E-state index contributed by atoms with van der Waals surface area (Å²) in [5.74, 6) is 0. The minimum absolute atomic E-state index is 0. The Bertz CT molecular complexity index is 11.6. The van der Waals surface area contributed by atoms with Crippen LogP contribution >= 0.6 is 0 Å². The molecular weight excluding hydrogens is 548 g/mol. The Morgan fingerprint density at radius 3 is 1.00 bits per heavy atom. The van der Waals surface area contributed by atoms with Gasteiger partial charge in [0.2, 0.25) is 0 Å². The van der Waals surface area contributed by atoms with E-state index in [4.69, 9.17) is 0 Å². The van der Waals surface area contributed by atoms with Crippen molar-refractivity contribution in [3.8, 4) is 0 Å². The molecule has 0 aromatic heterocycles. The van der Waals surface area contributed by atoms with Gasteiger partial charge in [-0.25, -0.2) is 0 Å². The first-order chi connectivity index (χ1) is 0. The van der Waals surface area contributed by atoms with Crippen LogP contribution in [0.3, 0.4) is 0 Å². The summed E-state index contributed by atoms with van der Waals surface area (Å²) < 4.78 is 0. The molecule has 0 aliphatic heterocycles. The molecule has 0 aromatic rings. The van der Waals surface area contributed by atoms with Gasteiger partial charge in [-0.2, -0.15) is 0 Å². The van der Waals surface area contributed by atoms with E-state index in [9.17, 15) is 0 Å². The monoisotopic (exact) mass is 551 g/mol. The molecule has 0 saturated heterocycles. The molecule has 0 aromatic carbocycles. The van der Waals surface area contributed by atoms with E-state index in [1.165, 1.54) is 0 Å². The normalized spacial score (nSPS) is 0. The Morgan fingerprint density at radius 1 is 1.00 bits per heavy atom. The van der Waals surface area contributed by atoms with Gasteiger partial charge in [-0.1, -0.05) is 0 Å². The van der Waals surface area contributed by atoms with Crippen molar-refractivity contribution in [2.24, 2.45) is 0 Å². The number of rotatable bonds is 0. The van der Waals surface area contributed by atoms with Crippen LogP contribution in [-0.4, -0.2) is 23.1 Å². The van der Waals surface area contributed by atoms with E-state index in [0.29, 0.717) is 0 Å². The van der Waals surface area contributed by atoms with E-state index < -0.39 is 0 Å². The van der Waals surface area contributed by atoms with Crippen LogP contribution in [0.2, 0.25) is 0 Å². The molecule has 0 fully saturated rings. The maximum absolute atomic E-state index is 0. The summed E-state index contributed by atoms with van der Waals surface area (Å²) in [7, 11) is 0. The SMILES string of the molecule is [Ho].[MgH2].[Pr].[Sc].[Yb]. The van der Waals surface area contributed by atoms with Crippen LogP contribution in [0.1, 0.15) is 0 Å². The van der Waals surface area contributed by atoms with E-state index in [0.717, 1.165) is 0 Å². The molecule has 0 atom stereocenters. The molecule has 0 heterocycles. The van der Waals surface area contributed by atoms with Crippen LogP contribution in [0.4, 0.5) is 0 Å². The van der Waals surface area contributed by atoms with Gasteiger partial charge in [0, 0.05) is 152 Å². The summed E-state index contributed by atoms with van der Waals surface area (Å²) >= 11 is 0. The molecule has 35 valence electrons. The van der Waals surface area contributed by atoms with Crippen LogP contribution in [0, 0.1) is 126 Å². The molecule has 0 bridgehead atoms. The van der Waals surface area contributed by atoms with E-state index in [-0.39, 0.29) is 175 Å². The third-order valence-electron chi connectivity index (χ3n) is 0. The molecule has 0 rings (SSSR count). The van der Waals surface area contributed by atoms with Crippen molar-refractivity contribution >= 4 is 23.1 Å². The fraction of sp³-hybridized carbons (Fsp3) is 0. The predicted molar refractivity (Wildman–Crippen MR) is 8.54 cm³/mol. The Labute approximate surface area is 169 Å². The average molecular weight is 550 g/mol. The summed E-state index contributed by atoms with van der Waals surface area (Å²) in [6.07, 6.45) is 0. The van der Waals surface area contributed by atoms with Crippen molar-refractivity contribution < 1.29 is 152 Å². The number of hydrogen-bond donors (Lipinski definition) is 0. The molecule has 5 heavy (non-hydrogen) atoms. The quantitative estimate of drug-likeness (QED) is 0.343. The summed E-state index contributed by atoms with van der Waals surface area (Å²) in [6.45, 7) is 0. The van der Waals surface area contributed by atoms with Crippen molar-refractivity contribution in [3.05, 3.63) is 0 Å². The summed E-state index contributed by atoms with van der Waals surface area (Å²) in [4.78, 5) is 0. The van der Waals surface area contributed by atoms with Gasteiger partial charge >= 0.3 is 23.1 Å². The first-order valence-corrected chi connectivity index (χ1v) is 0. The third kappa shape index (κ3) is 17.7. The van der Waals surface area contributed by atoms with E-state index >= 15 is 0 Å². The Hall–Kier alpha value is 5.78. The zero-order chi connectivity index (χ0) is 0. The predicted octanol–water partition coefficient (Wildman–Crippen LogP) is -0.919. The molecule has 0 aliphatic rings. The van der Waals surface area contributed by atoms with Crippen LogP contribution in [-0.2, 0) is 25.8 Å². The molecule has 0 aliphatic carbocycles. The smallest absolute Gasteiger partial charge is 0 e. The minimum Gasteiger partial charge on any atom is 0 e. The van der Waals surface area contributed by atoms with Crippen molar-refractivity contribution in [2.45, 2.75) is 0 Å². The standard InChI is InChI=1S/Ho.Mg.Pr.Sc.Yb.2H. The molecule has 0 spiro atoms. The van der Waals surface area contributed by atoms with Crippen LogP contribution in [0.5, 0.6) is 0 Å². The van der Waals surface area contributed by atoms with Gasteiger partial charge in [-0.05, 0) is 0 Å². The molecule has 5 heteroatoms. The molecule has 0 saturated carbocycles. The first kappa shape index (κ1) is 30.9. The second-order valence-electron chi connectivity index (χ2n) is 0. The second-order valence-corrected chi connectivity index (χ2v) is 0. The van der Waals surface area contributed by atoms with Gasteiger partial charge in [0.25, 0.3) is 0 Å². The van der Waals surface area contributed by atoms with Crippen LogP contribution in [0.15, 0.2) is 0 Å². The van der Waals surface area contributed by atoms with Gasteiger partial charge in [-0.15, -0.1) is 0 Å². The summed E-state index contributed by atoms with van der Waals surface area (Å²) in [5, 5.41) is 0. The van der Waals surface area contributed by atoms with Crippen molar-refractivity contribution in [1.82, 2.24) is 0 Å². The molecule has 0 unspecified atom stereocenters. The maximum Gasteiger partial charge on any atom is 0.316 e. The Morgan fingerprint density at radius 2 is 1.00 bits per heavy atom. The third-order valence-corrected chi connectivity index (χ3v) is 0. The fourth-order valence-corrected chi connectivity index (χ4v) is 0. The summed E-state index contributed by atoms with van der Waals surface area (Å²) in [5.41, 5.74) is 0. The average Bonchev–Trinajstić information content (AvgIpc) is 0. The Kier molecular flexibility index (Phi) is 139. The molecule has 0 nitrogen and oxygen atoms in total. The van der Waals surface area contributed by atoms with Crippen molar-refractivity contribution in [3.63, 3.8) is 0 Å². The van der Waals surface area contributed by atoms with E-state index in [1.807, 2.05) is 0 Å². The zero-order valence-electron chi connectivity index (χ0n) is 1.72. The summed E-state index contributed by atoms with van der Waals surface area (Å²) in [6, 6.07) is 0. The minimum atomic E-state index is 0. The van der Waals surface area contributed by atoms with Gasteiger partial charge in [0.15, 0.2) is 0 Å². The maximum atomic E-state index is 0. The van der Waals surface area contributed by atoms with Gasteiger partial charge in [0.1, 0.15) is 0 Å². The zero-order valence-corrected chi connectivity index (χ0v) is 10.9. The van der Waals surface area contributed by atoms with Crippen LogP contribution < -0.4 is 0 Å². The van der Waals surface area contributed by atoms with Crippen LogP contribution in [0.25, 0.3) is 0 Å².